The molecule has 0 saturated heterocycles. The molecule has 4 nitrogen and oxygen atoms in total. The lowest BCUT2D eigenvalue weighted by atomic mass is 9.96. The first-order valence-corrected chi connectivity index (χ1v) is 6.19. The predicted molar refractivity (Wildman–Crippen MR) is 72.8 cm³/mol. The SMILES string of the molecule is Cc1c(CC2=NCCN2)cccc1-c1cn[nH]c1. The Balaban J connectivity index is 1.94. The monoisotopic (exact) mass is 240 g/mol. The number of hydrogen-bond acceptors (Lipinski definition) is 3. The van der Waals surface area contributed by atoms with E-state index in [1.807, 2.05) is 12.4 Å². The Morgan fingerprint density at radius 2 is 2.28 bits per heavy atom. The maximum atomic E-state index is 4.45. The van der Waals surface area contributed by atoms with E-state index in [2.05, 4.69) is 45.6 Å². The van der Waals surface area contributed by atoms with E-state index in [4.69, 9.17) is 0 Å². The lowest BCUT2D eigenvalue weighted by Crippen LogP contribution is -2.20. The van der Waals surface area contributed by atoms with Gasteiger partial charge < -0.3 is 5.32 Å². The highest BCUT2D eigenvalue weighted by molar-refractivity contribution is 5.86. The third-order valence-corrected chi connectivity index (χ3v) is 3.36. The van der Waals surface area contributed by atoms with Crippen LogP contribution in [0.3, 0.4) is 0 Å². The van der Waals surface area contributed by atoms with Crippen LogP contribution in [-0.4, -0.2) is 29.1 Å². The molecule has 92 valence electrons. The summed E-state index contributed by atoms with van der Waals surface area (Å²) in [5, 5.41) is 10.2. The van der Waals surface area contributed by atoms with Crippen molar-refractivity contribution in [3.63, 3.8) is 0 Å². The minimum absolute atomic E-state index is 0.886. The van der Waals surface area contributed by atoms with Crippen molar-refractivity contribution in [3.05, 3.63) is 41.7 Å². The standard InChI is InChI=1S/C14H16N4/c1-10-11(7-14-15-5-6-16-14)3-2-4-13(10)12-8-17-18-9-12/h2-4,8-9H,5-7H2,1H3,(H,15,16)(H,17,18). The number of H-pyrrole nitrogens is 1. The molecule has 2 N–H and O–H groups in total. The summed E-state index contributed by atoms with van der Waals surface area (Å²) in [6, 6.07) is 6.40. The molecule has 0 atom stereocenters. The first-order valence-electron chi connectivity index (χ1n) is 6.19. The second-order valence-corrected chi connectivity index (χ2v) is 4.51. The zero-order valence-corrected chi connectivity index (χ0v) is 10.4. The lowest BCUT2D eigenvalue weighted by Gasteiger charge is -2.10. The van der Waals surface area contributed by atoms with Crippen LogP contribution in [0.25, 0.3) is 11.1 Å². The fourth-order valence-corrected chi connectivity index (χ4v) is 2.33. The molecule has 0 bridgehead atoms. The molecule has 0 unspecified atom stereocenters. The Morgan fingerprint density at radius 3 is 3.00 bits per heavy atom. The van der Waals surface area contributed by atoms with Gasteiger partial charge in [-0.2, -0.15) is 5.10 Å². The second-order valence-electron chi connectivity index (χ2n) is 4.51. The van der Waals surface area contributed by atoms with E-state index >= 15 is 0 Å². The zero-order chi connectivity index (χ0) is 12.4. The van der Waals surface area contributed by atoms with Crippen molar-refractivity contribution >= 4 is 5.84 Å². The zero-order valence-electron chi connectivity index (χ0n) is 10.4. The molecule has 0 radical (unpaired) electrons. The number of aliphatic imine (C=N–C) groups is 1. The molecule has 0 aliphatic carbocycles. The first-order chi connectivity index (χ1) is 8.84. The molecule has 4 heteroatoms. The molecule has 0 saturated carbocycles. The van der Waals surface area contributed by atoms with Crippen molar-refractivity contribution in [2.24, 2.45) is 4.99 Å². The van der Waals surface area contributed by atoms with E-state index < -0.39 is 0 Å². The van der Waals surface area contributed by atoms with Crippen LogP contribution in [0, 0.1) is 6.92 Å². The van der Waals surface area contributed by atoms with Gasteiger partial charge in [-0.25, -0.2) is 0 Å². The summed E-state index contributed by atoms with van der Waals surface area (Å²) >= 11 is 0. The number of nitrogens with one attached hydrogen (secondary N) is 2. The maximum absolute atomic E-state index is 4.45. The van der Waals surface area contributed by atoms with Crippen molar-refractivity contribution in [2.75, 3.05) is 13.1 Å². The molecular weight excluding hydrogens is 224 g/mol. The van der Waals surface area contributed by atoms with Gasteiger partial charge in [0.15, 0.2) is 0 Å². The summed E-state index contributed by atoms with van der Waals surface area (Å²) in [4.78, 5) is 4.45. The highest BCUT2D eigenvalue weighted by Crippen LogP contribution is 2.25. The highest BCUT2D eigenvalue weighted by Gasteiger charge is 2.11. The largest absolute Gasteiger partial charge is 0.372 e. The van der Waals surface area contributed by atoms with E-state index in [0.717, 1.165) is 30.9 Å². The smallest absolute Gasteiger partial charge is 0.101 e. The molecule has 0 spiro atoms. The fraction of sp³-hybridized carbons (Fsp3) is 0.286. The van der Waals surface area contributed by atoms with Gasteiger partial charge in [-0.15, -0.1) is 0 Å². The average molecular weight is 240 g/mol. The fourth-order valence-electron chi connectivity index (χ4n) is 2.33. The van der Waals surface area contributed by atoms with Crippen LogP contribution in [0.5, 0.6) is 0 Å². The van der Waals surface area contributed by atoms with Gasteiger partial charge >= 0.3 is 0 Å². The molecule has 3 rings (SSSR count). The summed E-state index contributed by atoms with van der Waals surface area (Å²) in [5.74, 6) is 1.10. The number of aromatic nitrogens is 2. The van der Waals surface area contributed by atoms with Crippen LogP contribution in [0.1, 0.15) is 11.1 Å². The van der Waals surface area contributed by atoms with Gasteiger partial charge in [0, 0.05) is 24.7 Å². The summed E-state index contributed by atoms with van der Waals surface area (Å²) in [5.41, 5.74) is 4.99. The van der Waals surface area contributed by atoms with Crippen molar-refractivity contribution in [3.8, 4) is 11.1 Å². The van der Waals surface area contributed by atoms with Crippen LogP contribution in [0.2, 0.25) is 0 Å². The average Bonchev–Trinajstić information content (AvgIpc) is 3.04. The van der Waals surface area contributed by atoms with Crippen LogP contribution < -0.4 is 5.32 Å². The highest BCUT2D eigenvalue weighted by atomic mass is 15.1. The Bertz CT molecular complexity index is 569. The maximum Gasteiger partial charge on any atom is 0.101 e. The Labute approximate surface area is 106 Å². The second kappa shape index (κ2) is 4.64. The van der Waals surface area contributed by atoms with Crippen LogP contribution in [0.4, 0.5) is 0 Å². The van der Waals surface area contributed by atoms with Gasteiger partial charge in [0.25, 0.3) is 0 Å². The van der Waals surface area contributed by atoms with Gasteiger partial charge in [0.2, 0.25) is 0 Å². The molecule has 1 aliphatic rings. The molecule has 2 aromatic rings. The Morgan fingerprint density at radius 1 is 1.33 bits per heavy atom. The minimum atomic E-state index is 0.886. The minimum Gasteiger partial charge on any atom is -0.372 e. The van der Waals surface area contributed by atoms with E-state index in [-0.39, 0.29) is 0 Å². The van der Waals surface area contributed by atoms with Crippen LogP contribution >= 0.6 is 0 Å². The van der Waals surface area contributed by atoms with Crippen molar-refractivity contribution in [1.82, 2.24) is 15.5 Å². The van der Waals surface area contributed by atoms with Crippen molar-refractivity contribution < 1.29 is 0 Å². The normalized spacial score (nSPS) is 14.4. The van der Waals surface area contributed by atoms with Gasteiger partial charge in [0.05, 0.1) is 12.7 Å². The quantitative estimate of drug-likeness (QED) is 0.861. The van der Waals surface area contributed by atoms with Crippen LogP contribution in [-0.2, 0) is 6.42 Å². The molecule has 18 heavy (non-hydrogen) atoms. The topological polar surface area (TPSA) is 53.1 Å². The summed E-state index contributed by atoms with van der Waals surface area (Å²) in [6.07, 6.45) is 4.67. The van der Waals surface area contributed by atoms with Crippen LogP contribution in [0.15, 0.2) is 35.6 Å². The molecule has 1 aromatic carbocycles. The molecule has 1 aliphatic heterocycles. The number of aromatic amines is 1. The number of amidine groups is 1. The van der Waals surface area contributed by atoms with E-state index in [1.54, 1.807) is 0 Å². The van der Waals surface area contributed by atoms with E-state index in [1.165, 1.54) is 16.7 Å². The molecule has 0 amide bonds. The summed E-state index contributed by atoms with van der Waals surface area (Å²) < 4.78 is 0. The van der Waals surface area contributed by atoms with Crippen molar-refractivity contribution in [2.45, 2.75) is 13.3 Å². The predicted octanol–water partition coefficient (Wildman–Crippen LogP) is 1.93. The third-order valence-electron chi connectivity index (χ3n) is 3.36. The van der Waals surface area contributed by atoms with Gasteiger partial charge in [-0.1, -0.05) is 18.2 Å². The van der Waals surface area contributed by atoms with Crippen molar-refractivity contribution in [1.29, 1.82) is 0 Å². The van der Waals surface area contributed by atoms with Gasteiger partial charge in [0.1, 0.15) is 5.84 Å². The molecule has 0 fully saturated rings. The summed E-state index contributed by atoms with van der Waals surface area (Å²) in [7, 11) is 0. The van der Waals surface area contributed by atoms with Gasteiger partial charge in [-0.3, -0.25) is 10.1 Å². The number of rotatable bonds is 3. The number of benzene rings is 1. The van der Waals surface area contributed by atoms with Gasteiger partial charge in [-0.05, 0) is 23.6 Å². The lowest BCUT2D eigenvalue weighted by molar-refractivity contribution is 0.953. The third kappa shape index (κ3) is 2.01. The summed E-state index contributed by atoms with van der Waals surface area (Å²) in [6.45, 7) is 4.03. The Hall–Kier alpha value is -2.10. The Kier molecular flexibility index (Phi) is 2.84. The van der Waals surface area contributed by atoms with E-state index in [9.17, 15) is 0 Å². The first kappa shape index (κ1) is 11.0. The molecular formula is C14H16N4. The number of nitrogens with zero attached hydrogens (tertiary/aromatic N) is 2. The number of hydrogen-bond donors (Lipinski definition) is 2. The van der Waals surface area contributed by atoms with E-state index in [0.29, 0.717) is 0 Å². The molecule has 1 aromatic heterocycles. The molecule has 2 heterocycles.